The van der Waals surface area contributed by atoms with Crippen LogP contribution in [0.3, 0.4) is 0 Å². The Bertz CT molecular complexity index is 1260. The average molecular weight is 536 g/mol. The molecule has 0 radical (unpaired) electrons. The summed E-state index contributed by atoms with van der Waals surface area (Å²) in [5.74, 6) is -0.113. The molecule has 1 aliphatic heterocycles. The zero-order valence-electron chi connectivity index (χ0n) is 20.9. The minimum atomic E-state index is -4.51. The minimum absolute atomic E-state index is 0.213. The zero-order valence-corrected chi connectivity index (χ0v) is 20.9. The summed E-state index contributed by atoms with van der Waals surface area (Å²) in [6.07, 6.45) is -7.20. The molecule has 0 spiro atoms. The first-order chi connectivity index (χ1) is 17.9. The van der Waals surface area contributed by atoms with Crippen molar-refractivity contribution in [2.45, 2.75) is 38.2 Å². The van der Waals surface area contributed by atoms with Crippen LogP contribution in [-0.2, 0) is 17.1 Å². The number of piperidine rings is 1. The highest BCUT2D eigenvalue weighted by atomic mass is 19.4. The molecule has 1 unspecified atom stereocenters. The number of hydrogen-bond acceptors (Lipinski definition) is 3. The van der Waals surface area contributed by atoms with Crippen molar-refractivity contribution in [3.63, 3.8) is 0 Å². The molecule has 1 fully saturated rings. The number of likely N-dealkylation sites (tertiary alicyclic amines) is 1. The maximum atomic E-state index is 13.3. The Hall–Kier alpha value is -3.33. The fraction of sp³-hybridized carbons (Fsp3) is 0.345. The number of benzene rings is 3. The molecule has 3 nitrogen and oxygen atoms in total. The Morgan fingerprint density at radius 3 is 1.87 bits per heavy atom. The van der Waals surface area contributed by atoms with Crippen LogP contribution in [0.4, 0.5) is 26.3 Å². The smallest absolute Gasteiger partial charge is 0.416 e. The summed E-state index contributed by atoms with van der Waals surface area (Å²) in [6.45, 7) is 3.53. The van der Waals surface area contributed by atoms with E-state index in [4.69, 9.17) is 4.74 Å². The molecular formula is C29H27F6NO2. The van der Waals surface area contributed by atoms with E-state index in [-0.39, 0.29) is 5.56 Å². The van der Waals surface area contributed by atoms with Crippen LogP contribution < -0.4 is 0 Å². The predicted molar refractivity (Wildman–Crippen MR) is 131 cm³/mol. The molecular weight excluding hydrogens is 508 g/mol. The van der Waals surface area contributed by atoms with Gasteiger partial charge in [0.05, 0.1) is 29.8 Å². The third kappa shape index (κ3) is 6.04. The monoisotopic (exact) mass is 535 g/mol. The van der Waals surface area contributed by atoms with Crippen LogP contribution in [0.15, 0.2) is 66.7 Å². The molecule has 1 saturated heterocycles. The fourth-order valence-corrected chi connectivity index (χ4v) is 4.86. The molecule has 3 aromatic rings. The molecule has 9 heteroatoms. The molecule has 38 heavy (non-hydrogen) atoms. The average Bonchev–Trinajstić information content (AvgIpc) is 2.89. The first-order valence-corrected chi connectivity index (χ1v) is 12.2. The number of hydrogen-bond donors (Lipinski definition) is 0. The van der Waals surface area contributed by atoms with Gasteiger partial charge >= 0.3 is 18.3 Å². The van der Waals surface area contributed by atoms with Crippen molar-refractivity contribution >= 4 is 5.97 Å². The van der Waals surface area contributed by atoms with E-state index in [9.17, 15) is 31.1 Å². The molecule has 3 aromatic carbocycles. The Morgan fingerprint density at radius 2 is 1.37 bits per heavy atom. The summed E-state index contributed by atoms with van der Waals surface area (Å²) in [5, 5.41) is 0. The predicted octanol–water partition coefficient (Wildman–Crippen LogP) is 8.00. The maximum Gasteiger partial charge on any atom is 0.416 e. The first-order valence-electron chi connectivity index (χ1n) is 12.2. The SMILES string of the molecule is COC(=O)c1ccc(C(c2ccc(C(F)(F)F)cc2)N2CCC(C)CC2)c(-c2ccc(C(F)(F)F)cc2)c1. The van der Waals surface area contributed by atoms with Crippen molar-refractivity contribution in [3.05, 3.63) is 94.5 Å². The van der Waals surface area contributed by atoms with Gasteiger partial charge in [0.25, 0.3) is 0 Å². The quantitative estimate of drug-likeness (QED) is 0.245. The van der Waals surface area contributed by atoms with Gasteiger partial charge in [-0.05, 0) is 90.5 Å². The van der Waals surface area contributed by atoms with Crippen LogP contribution in [-0.4, -0.2) is 31.1 Å². The van der Waals surface area contributed by atoms with Gasteiger partial charge in [-0.3, -0.25) is 4.90 Å². The van der Waals surface area contributed by atoms with Gasteiger partial charge in [0.2, 0.25) is 0 Å². The van der Waals surface area contributed by atoms with Crippen LogP contribution in [0, 0.1) is 5.92 Å². The van der Waals surface area contributed by atoms with Crippen molar-refractivity contribution in [1.29, 1.82) is 0 Å². The molecule has 0 amide bonds. The second-order valence-corrected chi connectivity index (χ2v) is 9.61. The first kappa shape index (κ1) is 27.7. The molecule has 0 saturated carbocycles. The van der Waals surface area contributed by atoms with Crippen molar-refractivity contribution in [2.75, 3.05) is 20.2 Å². The van der Waals surface area contributed by atoms with Gasteiger partial charge in [-0.25, -0.2) is 4.79 Å². The maximum absolute atomic E-state index is 13.3. The molecule has 0 N–H and O–H groups in total. The van der Waals surface area contributed by atoms with Crippen molar-refractivity contribution < 1.29 is 35.9 Å². The summed E-state index contributed by atoms with van der Waals surface area (Å²) in [7, 11) is 1.23. The lowest BCUT2D eigenvalue weighted by molar-refractivity contribution is -0.138. The van der Waals surface area contributed by atoms with Gasteiger partial charge in [0.1, 0.15) is 0 Å². The number of carbonyl (C=O) groups excluding carboxylic acids is 1. The zero-order chi connectivity index (χ0) is 27.7. The summed E-state index contributed by atoms with van der Waals surface area (Å²) in [4.78, 5) is 14.5. The van der Waals surface area contributed by atoms with Gasteiger partial charge in [-0.15, -0.1) is 0 Å². The van der Waals surface area contributed by atoms with E-state index in [1.165, 1.54) is 31.4 Å². The van der Waals surface area contributed by atoms with E-state index in [2.05, 4.69) is 11.8 Å². The standard InChI is InChI=1S/C29H27F6NO2/c1-18-13-15-36(16-14-18)26(20-5-10-23(11-6-20)29(33,34)35)24-12-7-21(27(37)38-2)17-25(24)19-3-8-22(9-4-19)28(30,31)32/h3-12,17-18,26H,13-16H2,1-2H3. The molecule has 1 atom stereocenters. The van der Waals surface area contributed by atoms with Gasteiger partial charge in [0.15, 0.2) is 0 Å². The van der Waals surface area contributed by atoms with Gasteiger partial charge in [-0.2, -0.15) is 26.3 Å². The number of rotatable bonds is 5. The van der Waals surface area contributed by atoms with Crippen LogP contribution in [0.1, 0.15) is 58.4 Å². The number of alkyl halides is 6. The summed E-state index contributed by atoms with van der Waals surface area (Å²) in [6, 6.07) is 13.9. The van der Waals surface area contributed by atoms with E-state index in [1.807, 2.05) is 0 Å². The largest absolute Gasteiger partial charge is 0.465 e. The van der Waals surface area contributed by atoms with E-state index in [0.717, 1.165) is 37.1 Å². The van der Waals surface area contributed by atoms with Crippen molar-refractivity contribution in [3.8, 4) is 11.1 Å². The van der Waals surface area contributed by atoms with Gasteiger partial charge in [-0.1, -0.05) is 37.3 Å². The third-order valence-corrected chi connectivity index (χ3v) is 7.03. The highest BCUT2D eigenvalue weighted by molar-refractivity contribution is 5.91. The second kappa shape index (κ2) is 10.8. The molecule has 0 aromatic heterocycles. The molecule has 1 heterocycles. The van der Waals surface area contributed by atoms with E-state index < -0.39 is 35.5 Å². The fourth-order valence-electron chi connectivity index (χ4n) is 4.86. The van der Waals surface area contributed by atoms with Crippen molar-refractivity contribution in [1.82, 2.24) is 4.90 Å². The van der Waals surface area contributed by atoms with Gasteiger partial charge < -0.3 is 4.74 Å². The highest BCUT2D eigenvalue weighted by Gasteiger charge is 2.33. The number of ether oxygens (including phenoxy) is 1. The summed E-state index contributed by atoms with van der Waals surface area (Å²) in [5.41, 5.74) is 0.876. The Kier molecular flexibility index (Phi) is 7.88. The Balaban J connectivity index is 1.88. The van der Waals surface area contributed by atoms with E-state index in [1.54, 1.807) is 18.2 Å². The highest BCUT2D eigenvalue weighted by Crippen LogP contribution is 2.40. The molecule has 0 aliphatic carbocycles. The summed E-state index contributed by atoms with van der Waals surface area (Å²) < 4.78 is 84.3. The molecule has 4 rings (SSSR count). The lowest BCUT2D eigenvalue weighted by Gasteiger charge is -2.38. The van der Waals surface area contributed by atoms with Crippen LogP contribution in [0.5, 0.6) is 0 Å². The van der Waals surface area contributed by atoms with Crippen LogP contribution in [0.2, 0.25) is 0 Å². The normalized spacial score (nSPS) is 16.3. The summed E-state index contributed by atoms with van der Waals surface area (Å²) >= 11 is 0. The number of methoxy groups -OCH3 is 1. The number of carbonyl (C=O) groups is 1. The third-order valence-electron chi connectivity index (χ3n) is 7.03. The van der Waals surface area contributed by atoms with Crippen LogP contribution >= 0.6 is 0 Å². The van der Waals surface area contributed by atoms with Gasteiger partial charge in [0, 0.05) is 0 Å². The molecule has 202 valence electrons. The van der Waals surface area contributed by atoms with E-state index in [0.29, 0.717) is 41.3 Å². The second-order valence-electron chi connectivity index (χ2n) is 9.61. The Morgan fingerprint density at radius 1 is 0.842 bits per heavy atom. The molecule has 0 bridgehead atoms. The molecule has 1 aliphatic rings. The van der Waals surface area contributed by atoms with Crippen molar-refractivity contribution in [2.24, 2.45) is 5.92 Å². The number of nitrogens with zero attached hydrogens (tertiary/aromatic N) is 1. The number of halogens is 6. The number of esters is 1. The van der Waals surface area contributed by atoms with Crippen LogP contribution in [0.25, 0.3) is 11.1 Å². The lowest BCUT2D eigenvalue weighted by Crippen LogP contribution is -2.37. The van der Waals surface area contributed by atoms with E-state index >= 15 is 0 Å². The minimum Gasteiger partial charge on any atom is -0.465 e. The topological polar surface area (TPSA) is 29.5 Å². The Labute approximate surface area is 217 Å². The lowest BCUT2D eigenvalue weighted by atomic mass is 9.86.